The van der Waals surface area contributed by atoms with Gasteiger partial charge in [-0.05, 0) is 137 Å². The van der Waals surface area contributed by atoms with Gasteiger partial charge in [0.05, 0.1) is 11.4 Å². The second-order valence-corrected chi connectivity index (χ2v) is 25.1. The molecular weight excluding hydrogens is 1040 g/mol. The van der Waals surface area contributed by atoms with E-state index in [0.717, 1.165) is 0 Å². The number of fused-ring (bicyclic) bond motifs is 11. The zero-order chi connectivity index (χ0) is 57.7. The summed E-state index contributed by atoms with van der Waals surface area (Å²) in [6, 6.07) is 73.0. The van der Waals surface area contributed by atoms with E-state index in [4.69, 9.17) is 0 Å². The van der Waals surface area contributed by atoms with E-state index in [1.807, 2.05) is 0 Å². The summed E-state index contributed by atoms with van der Waals surface area (Å²) in [6.45, 7) is 9.61. The van der Waals surface area contributed by atoms with E-state index in [1.165, 1.54) is 133 Å². The Morgan fingerprint density at radius 2 is 0.698 bits per heavy atom. The van der Waals surface area contributed by atoms with Crippen LogP contribution in [0.25, 0.3) is 78.9 Å². The average molecular weight is 1100 g/mol. The van der Waals surface area contributed by atoms with Crippen LogP contribution in [0.2, 0.25) is 0 Å². The Labute approximate surface area is 505 Å². The maximum absolute atomic E-state index is 2.53. The maximum Gasteiger partial charge on any atom is 0.0537 e. The molecule has 0 fully saturated rings. The normalized spacial score (nSPS) is 19.6. The fraction of sp³-hybridized carbons (Fsp3) is 0.119. The minimum Gasteiger partial charge on any atom is -0.313 e. The summed E-state index contributed by atoms with van der Waals surface area (Å²) >= 11 is 0. The Morgan fingerprint density at radius 1 is 0.326 bits per heavy atom. The van der Waals surface area contributed by atoms with Crippen molar-refractivity contribution in [1.29, 1.82) is 0 Å². The van der Waals surface area contributed by atoms with Crippen molar-refractivity contribution in [3.63, 3.8) is 0 Å². The molecule has 0 saturated carbocycles. The van der Waals surface area contributed by atoms with E-state index >= 15 is 0 Å². The monoisotopic (exact) mass is 1100 g/mol. The molecule has 412 valence electrons. The second-order valence-electron chi connectivity index (χ2n) is 25.1. The summed E-state index contributed by atoms with van der Waals surface area (Å²) in [6.07, 6.45) is 41.2. The smallest absolute Gasteiger partial charge is 0.0537 e. The van der Waals surface area contributed by atoms with Crippen LogP contribution in [-0.2, 0) is 10.8 Å². The lowest BCUT2D eigenvalue weighted by Crippen LogP contribution is -2.28. The molecule has 10 aromatic rings. The van der Waals surface area contributed by atoms with Gasteiger partial charge in [0.2, 0.25) is 0 Å². The molecule has 4 atom stereocenters. The molecule has 86 heavy (non-hydrogen) atoms. The zero-order valence-electron chi connectivity index (χ0n) is 49.1. The Bertz CT molecular complexity index is 4490. The minimum atomic E-state index is -0.213. The van der Waals surface area contributed by atoms with Gasteiger partial charge in [0, 0.05) is 68.0 Å². The van der Waals surface area contributed by atoms with Crippen LogP contribution in [0.1, 0.15) is 72.2 Å². The molecule has 2 heteroatoms. The fourth-order valence-corrected chi connectivity index (χ4v) is 15.1. The SMILES string of the molecule is CC1(C)c2cc(/C=C/c3ccc(/C=C/c4ccc5c(c4)C(C)(C)c4cc(N(C6=CC=CC7C=CC=C[C@H]67)c6cccc7ccccc67)ccc4-5)c4ccccc34)ccc2-c2ccc(N(C3=CC=CC4C=CC=CC34)c3cccc4ccccc34)cc21. The molecule has 0 aliphatic heterocycles. The van der Waals surface area contributed by atoms with E-state index in [-0.39, 0.29) is 22.7 Å². The van der Waals surface area contributed by atoms with Crippen LogP contribution >= 0.6 is 0 Å². The zero-order valence-corrected chi connectivity index (χ0v) is 49.1. The highest BCUT2D eigenvalue weighted by Crippen LogP contribution is 2.54. The lowest BCUT2D eigenvalue weighted by atomic mass is 9.80. The minimum absolute atomic E-state index is 0.213. The van der Waals surface area contributed by atoms with Gasteiger partial charge < -0.3 is 9.80 Å². The highest BCUT2D eigenvalue weighted by atomic mass is 15.2. The van der Waals surface area contributed by atoms with Gasteiger partial charge >= 0.3 is 0 Å². The van der Waals surface area contributed by atoms with Crippen LogP contribution in [0, 0.1) is 23.7 Å². The van der Waals surface area contributed by atoms with Gasteiger partial charge in [0.15, 0.2) is 0 Å². The van der Waals surface area contributed by atoms with Crippen molar-refractivity contribution >= 4 is 79.4 Å². The van der Waals surface area contributed by atoms with Crippen molar-refractivity contribution in [3.8, 4) is 22.3 Å². The number of benzene rings is 10. The molecule has 10 aromatic carbocycles. The molecule has 3 unspecified atom stereocenters. The van der Waals surface area contributed by atoms with Crippen LogP contribution < -0.4 is 9.80 Å². The summed E-state index contributed by atoms with van der Waals surface area (Å²) in [5, 5.41) is 7.45. The number of hydrogen-bond donors (Lipinski definition) is 0. The van der Waals surface area contributed by atoms with Crippen molar-refractivity contribution in [2.75, 3.05) is 9.80 Å². The molecule has 0 heterocycles. The Hall–Kier alpha value is -10.0. The molecule has 0 saturated heterocycles. The third kappa shape index (κ3) is 8.45. The molecule has 0 aromatic heterocycles. The van der Waals surface area contributed by atoms with E-state index in [0.29, 0.717) is 11.8 Å². The van der Waals surface area contributed by atoms with Crippen molar-refractivity contribution in [2.45, 2.75) is 38.5 Å². The summed E-state index contributed by atoms with van der Waals surface area (Å²) in [7, 11) is 0. The van der Waals surface area contributed by atoms with Crippen LogP contribution in [0.3, 0.4) is 0 Å². The van der Waals surface area contributed by atoms with Gasteiger partial charge in [-0.15, -0.1) is 0 Å². The molecule has 6 aliphatic rings. The molecule has 0 amide bonds. The van der Waals surface area contributed by atoms with Crippen LogP contribution in [-0.4, -0.2) is 0 Å². The summed E-state index contributed by atoms with van der Waals surface area (Å²) in [5.41, 5.74) is 22.4. The van der Waals surface area contributed by atoms with E-state index in [1.54, 1.807) is 0 Å². The number of rotatable bonds is 10. The van der Waals surface area contributed by atoms with Crippen LogP contribution in [0.5, 0.6) is 0 Å². The highest BCUT2D eigenvalue weighted by Gasteiger charge is 2.39. The molecule has 0 bridgehead atoms. The molecule has 2 nitrogen and oxygen atoms in total. The van der Waals surface area contributed by atoms with Crippen molar-refractivity contribution in [3.05, 3.63) is 335 Å². The van der Waals surface area contributed by atoms with E-state index in [9.17, 15) is 0 Å². The van der Waals surface area contributed by atoms with Gasteiger partial charge in [-0.25, -0.2) is 0 Å². The third-order valence-electron chi connectivity index (χ3n) is 19.6. The lowest BCUT2D eigenvalue weighted by Gasteiger charge is -2.37. The van der Waals surface area contributed by atoms with Gasteiger partial charge in [-0.2, -0.15) is 0 Å². The maximum atomic E-state index is 2.53. The molecular formula is C84H66N2. The number of hydrogen-bond acceptors (Lipinski definition) is 2. The standard InChI is InChI=1S/C84H66N2/c1-83(2)75-51-55(39-47-71(75)73-49-45-63(53-77(73)83)85(79-33-15-23-57-19-5-9-29-67(57)79)80-34-16-24-58-20-6-10-30-68(58)80)37-41-61-43-44-62(66-28-14-13-27-65(61)66)42-38-56-40-48-72-74-50-46-64(54-78(74)84(3,4)76(72)52-56)86(81-35-17-25-59-21-7-11-31-69(59)81)82-36-18-26-60-22-8-12-32-70(60)82/h5-54,57,59,67,69H,1-4H3/b41-37+,42-38+/t57?,59?,67-,69?/m0/s1. The summed E-state index contributed by atoms with van der Waals surface area (Å²) in [5.74, 6) is 1.12. The van der Waals surface area contributed by atoms with E-state index in [2.05, 4.69) is 341 Å². The fourth-order valence-electron chi connectivity index (χ4n) is 15.1. The third-order valence-corrected chi connectivity index (χ3v) is 19.6. The first-order chi connectivity index (χ1) is 42.2. The van der Waals surface area contributed by atoms with Gasteiger partial charge in [0.1, 0.15) is 0 Å². The average Bonchev–Trinajstić information content (AvgIpc) is 1.67. The Kier molecular flexibility index (Phi) is 12.2. The molecule has 0 N–H and O–H groups in total. The van der Waals surface area contributed by atoms with Gasteiger partial charge in [-0.1, -0.05) is 283 Å². The molecule has 16 rings (SSSR count). The quantitative estimate of drug-likeness (QED) is 0.126. The summed E-state index contributed by atoms with van der Waals surface area (Å²) < 4.78 is 0. The predicted molar refractivity (Wildman–Crippen MR) is 367 cm³/mol. The predicted octanol–water partition coefficient (Wildman–Crippen LogP) is 22.0. The number of allylic oxidation sites excluding steroid dienone is 14. The van der Waals surface area contributed by atoms with Crippen LogP contribution in [0.15, 0.2) is 291 Å². The number of anilines is 4. The molecule has 0 radical (unpaired) electrons. The van der Waals surface area contributed by atoms with Crippen molar-refractivity contribution in [2.24, 2.45) is 23.7 Å². The summed E-state index contributed by atoms with van der Waals surface area (Å²) in [4.78, 5) is 5.06. The lowest BCUT2D eigenvalue weighted by molar-refractivity contribution is 0.612. The highest BCUT2D eigenvalue weighted by molar-refractivity contribution is 6.02. The number of nitrogens with zero attached hydrogens (tertiary/aromatic N) is 2. The van der Waals surface area contributed by atoms with Gasteiger partial charge in [-0.3, -0.25) is 0 Å². The first kappa shape index (κ1) is 51.6. The van der Waals surface area contributed by atoms with E-state index < -0.39 is 0 Å². The first-order valence-electron chi connectivity index (χ1n) is 30.7. The topological polar surface area (TPSA) is 6.48 Å². The van der Waals surface area contributed by atoms with Crippen molar-refractivity contribution in [1.82, 2.24) is 0 Å². The Balaban J connectivity index is 0.677. The molecule has 6 aliphatic carbocycles. The largest absolute Gasteiger partial charge is 0.313 e. The van der Waals surface area contributed by atoms with Gasteiger partial charge in [0.25, 0.3) is 0 Å². The van der Waals surface area contributed by atoms with Crippen molar-refractivity contribution < 1.29 is 0 Å². The Morgan fingerprint density at radius 3 is 1.15 bits per heavy atom. The second kappa shape index (κ2) is 20.4. The molecule has 0 spiro atoms. The van der Waals surface area contributed by atoms with Crippen LogP contribution in [0.4, 0.5) is 22.7 Å². The first-order valence-corrected chi connectivity index (χ1v) is 30.7.